The van der Waals surface area contributed by atoms with Crippen LogP contribution < -0.4 is 5.32 Å². The predicted octanol–water partition coefficient (Wildman–Crippen LogP) is 2.00. The van der Waals surface area contributed by atoms with Gasteiger partial charge in [-0.1, -0.05) is 18.9 Å². The second-order valence-electron chi connectivity index (χ2n) is 4.72. The van der Waals surface area contributed by atoms with Gasteiger partial charge >= 0.3 is 0 Å². The van der Waals surface area contributed by atoms with E-state index in [-0.39, 0.29) is 12.1 Å². The molecule has 2 rings (SSSR count). The molecule has 0 atom stereocenters. The molecular formula is C13H15F2NO2. The Balaban J connectivity index is 2.01. The van der Waals surface area contributed by atoms with Crippen molar-refractivity contribution in [2.24, 2.45) is 0 Å². The Kier molecular flexibility index (Phi) is 3.61. The van der Waals surface area contributed by atoms with Crippen molar-refractivity contribution < 1.29 is 18.7 Å². The number of hydrogen-bond acceptors (Lipinski definition) is 2. The minimum Gasteiger partial charge on any atom is -0.388 e. The van der Waals surface area contributed by atoms with E-state index in [2.05, 4.69) is 5.32 Å². The molecule has 98 valence electrons. The van der Waals surface area contributed by atoms with Crippen LogP contribution in [0.15, 0.2) is 18.2 Å². The molecule has 1 aromatic rings. The smallest absolute Gasteiger partial charge is 0.254 e. The van der Waals surface area contributed by atoms with Crippen molar-refractivity contribution in [2.75, 3.05) is 6.54 Å². The van der Waals surface area contributed by atoms with Gasteiger partial charge in [0.05, 0.1) is 11.2 Å². The zero-order valence-electron chi connectivity index (χ0n) is 9.88. The maximum atomic E-state index is 13.3. The molecule has 1 amide bonds. The Bertz CT molecular complexity index is 456. The number of halogens is 2. The molecule has 0 radical (unpaired) electrons. The maximum Gasteiger partial charge on any atom is 0.254 e. The summed E-state index contributed by atoms with van der Waals surface area (Å²) in [6.45, 7) is 0.0712. The Morgan fingerprint density at radius 3 is 2.67 bits per heavy atom. The third-order valence-electron chi connectivity index (χ3n) is 3.31. The number of aliphatic hydroxyl groups is 1. The van der Waals surface area contributed by atoms with Crippen LogP contribution in [0.3, 0.4) is 0 Å². The third kappa shape index (κ3) is 2.67. The van der Waals surface area contributed by atoms with E-state index < -0.39 is 23.1 Å². The zero-order chi connectivity index (χ0) is 13.2. The average molecular weight is 255 g/mol. The summed E-state index contributed by atoms with van der Waals surface area (Å²) in [7, 11) is 0. The summed E-state index contributed by atoms with van der Waals surface area (Å²) in [5.74, 6) is -2.91. The summed E-state index contributed by atoms with van der Waals surface area (Å²) in [4.78, 5) is 11.7. The van der Waals surface area contributed by atoms with Gasteiger partial charge in [0.2, 0.25) is 0 Å². The number of nitrogens with one attached hydrogen (secondary N) is 1. The molecule has 0 aromatic heterocycles. The van der Waals surface area contributed by atoms with Gasteiger partial charge in [-0.3, -0.25) is 4.79 Å². The van der Waals surface area contributed by atoms with Crippen molar-refractivity contribution in [3.63, 3.8) is 0 Å². The summed E-state index contributed by atoms with van der Waals surface area (Å²) in [5, 5.41) is 12.5. The van der Waals surface area contributed by atoms with E-state index >= 15 is 0 Å². The molecule has 0 bridgehead atoms. The molecule has 0 heterocycles. The second kappa shape index (κ2) is 5.02. The molecule has 0 aliphatic heterocycles. The Hall–Kier alpha value is -1.49. The zero-order valence-corrected chi connectivity index (χ0v) is 9.88. The predicted molar refractivity (Wildman–Crippen MR) is 62.1 cm³/mol. The molecule has 18 heavy (non-hydrogen) atoms. The normalized spacial score (nSPS) is 17.7. The van der Waals surface area contributed by atoms with Crippen molar-refractivity contribution in [1.29, 1.82) is 0 Å². The standard InChI is InChI=1S/C13H15F2NO2/c14-10-5-3-4-9(11(10)15)12(17)16-8-13(18)6-1-2-7-13/h3-5,18H,1-2,6-8H2,(H,16,17). The number of amides is 1. The van der Waals surface area contributed by atoms with E-state index in [0.717, 1.165) is 18.9 Å². The van der Waals surface area contributed by atoms with Crippen molar-refractivity contribution >= 4 is 5.91 Å². The molecule has 0 saturated heterocycles. The Morgan fingerprint density at radius 2 is 2.00 bits per heavy atom. The summed E-state index contributed by atoms with van der Waals surface area (Å²) >= 11 is 0. The highest BCUT2D eigenvalue weighted by Gasteiger charge is 2.31. The van der Waals surface area contributed by atoms with Gasteiger partial charge in [0, 0.05) is 6.54 Å². The van der Waals surface area contributed by atoms with Gasteiger partial charge in [-0.25, -0.2) is 8.78 Å². The fraction of sp³-hybridized carbons (Fsp3) is 0.462. The van der Waals surface area contributed by atoms with Gasteiger partial charge in [-0.2, -0.15) is 0 Å². The Morgan fingerprint density at radius 1 is 1.33 bits per heavy atom. The fourth-order valence-electron chi connectivity index (χ4n) is 2.23. The van der Waals surface area contributed by atoms with E-state index in [4.69, 9.17) is 0 Å². The molecular weight excluding hydrogens is 240 g/mol. The van der Waals surface area contributed by atoms with Gasteiger partial charge in [-0.15, -0.1) is 0 Å². The molecule has 1 saturated carbocycles. The van der Waals surface area contributed by atoms with Crippen molar-refractivity contribution in [3.05, 3.63) is 35.4 Å². The number of hydrogen-bond donors (Lipinski definition) is 2. The van der Waals surface area contributed by atoms with Gasteiger partial charge in [-0.05, 0) is 25.0 Å². The van der Waals surface area contributed by atoms with Crippen LogP contribution in [-0.4, -0.2) is 23.2 Å². The first-order valence-corrected chi connectivity index (χ1v) is 5.96. The van der Waals surface area contributed by atoms with E-state index in [1.165, 1.54) is 12.1 Å². The summed E-state index contributed by atoms with van der Waals surface area (Å²) < 4.78 is 26.3. The summed E-state index contributed by atoms with van der Waals surface area (Å²) in [6, 6.07) is 3.45. The maximum absolute atomic E-state index is 13.3. The lowest BCUT2D eigenvalue weighted by atomic mass is 10.0. The highest BCUT2D eigenvalue weighted by Crippen LogP contribution is 2.28. The molecule has 2 N–H and O–H groups in total. The van der Waals surface area contributed by atoms with Crippen LogP contribution in [0.25, 0.3) is 0 Å². The lowest BCUT2D eigenvalue weighted by Crippen LogP contribution is -2.41. The topological polar surface area (TPSA) is 49.3 Å². The first-order chi connectivity index (χ1) is 8.52. The van der Waals surface area contributed by atoms with E-state index in [9.17, 15) is 18.7 Å². The first-order valence-electron chi connectivity index (χ1n) is 5.96. The van der Waals surface area contributed by atoms with Crippen molar-refractivity contribution in [1.82, 2.24) is 5.32 Å². The SMILES string of the molecule is O=C(NCC1(O)CCCC1)c1cccc(F)c1F. The van der Waals surface area contributed by atoms with Gasteiger partial charge in [0.1, 0.15) is 0 Å². The highest BCUT2D eigenvalue weighted by atomic mass is 19.2. The van der Waals surface area contributed by atoms with E-state index in [1.807, 2.05) is 0 Å². The number of benzene rings is 1. The third-order valence-corrected chi connectivity index (χ3v) is 3.31. The average Bonchev–Trinajstić information content (AvgIpc) is 2.77. The Labute approximate surface area is 104 Å². The minimum atomic E-state index is -1.16. The number of carbonyl (C=O) groups is 1. The number of rotatable bonds is 3. The lowest BCUT2D eigenvalue weighted by molar-refractivity contribution is 0.0448. The van der Waals surface area contributed by atoms with Crippen LogP contribution in [0.1, 0.15) is 36.0 Å². The van der Waals surface area contributed by atoms with Crippen LogP contribution in [0, 0.1) is 11.6 Å². The quantitative estimate of drug-likeness (QED) is 0.868. The van der Waals surface area contributed by atoms with Crippen LogP contribution in [-0.2, 0) is 0 Å². The van der Waals surface area contributed by atoms with Crippen LogP contribution in [0.5, 0.6) is 0 Å². The summed E-state index contributed by atoms with van der Waals surface area (Å²) in [5.41, 5.74) is -1.24. The van der Waals surface area contributed by atoms with Crippen LogP contribution in [0.4, 0.5) is 8.78 Å². The van der Waals surface area contributed by atoms with Gasteiger partial charge in [0.15, 0.2) is 11.6 Å². The monoisotopic (exact) mass is 255 g/mol. The van der Waals surface area contributed by atoms with E-state index in [0.29, 0.717) is 12.8 Å². The molecule has 5 heteroatoms. The molecule has 3 nitrogen and oxygen atoms in total. The molecule has 0 spiro atoms. The van der Waals surface area contributed by atoms with Crippen molar-refractivity contribution in [2.45, 2.75) is 31.3 Å². The van der Waals surface area contributed by atoms with Crippen LogP contribution in [0.2, 0.25) is 0 Å². The lowest BCUT2D eigenvalue weighted by Gasteiger charge is -2.22. The van der Waals surface area contributed by atoms with Crippen LogP contribution >= 0.6 is 0 Å². The largest absolute Gasteiger partial charge is 0.388 e. The van der Waals surface area contributed by atoms with Gasteiger partial charge in [0.25, 0.3) is 5.91 Å². The van der Waals surface area contributed by atoms with Crippen molar-refractivity contribution in [3.8, 4) is 0 Å². The second-order valence-corrected chi connectivity index (χ2v) is 4.72. The van der Waals surface area contributed by atoms with Gasteiger partial charge < -0.3 is 10.4 Å². The molecule has 1 aliphatic rings. The number of carbonyl (C=O) groups excluding carboxylic acids is 1. The molecule has 0 unspecified atom stereocenters. The molecule has 1 aromatic carbocycles. The summed E-state index contributed by atoms with van der Waals surface area (Å²) in [6.07, 6.45) is 3.08. The minimum absolute atomic E-state index is 0.0712. The highest BCUT2D eigenvalue weighted by molar-refractivity contribution is 5.94. The molecule has 1 fully saturated rings. The molecule has 1 aliphatic carbocycles. The van der Waals surface area contributed by atoms with E-state index in [1.54, 1.807) is 0 Å². The first kappa shape index (κ1) is 13.0. The fourth-order valence-corrected chi connectivity index (χ4v) is 2.23.